The first-order valence-electron chi connectivity index (χ1n) is 7.46. The Hall–Kier alpha value is -3.03. The van der Waals surface area contributed by atoms with Crippen molar-refractivity contribution >= 4 is 45.7 Å². The highest BCUT2D eigenvalue weighted by Gasteiger charge is 2.07. The van der Waals surface area contributed by atoms with Crippen LogP contribution in [0.15, 0.2) is 60.0 Å². The van der Waals surface area contributed by atoms with Crippen LogP contribution in [0, 0.1) is 10.1 Å². The molecule has 0 aliphatic carbocycles. The molecule has 0 aliphatic rings. The Balaban J connectivity index is 1.63. The van der Waals surface area contributed by atoms with Gasteiger partial charge in [-0.1, -0.05) is 23.7 Å². The molecule has 1 N–H and O–H groups in total. The number of rotatable bonds is 5. The fourth-order valence-electron chi connectivity index (χ4n) is 2.11. The van der Waals surface area contributed by atoms with Gasteiger partial charge in [-0.3, -0.25) is 20.2 Å². The molecular weight excluding hydrogens is 374 g/mol. The Labute approximate surface area is 157 Å². The number of nitro groups is 1. The summed E-state index contributed by atoms with van der Waals surface area (Å²) in [5.41, 5.74) is 2.35. The van der Waals surface area contributed by atoms with Crippen LogP contribution in [0.2, 0.25) is 5.02 Å². The lowest BCUT2D eigenvalue weighted by Crippen LogP contribution is -2.07. The number of aromatic nitrogens is 1. The number of hydrogen-bond acceptors (Lipinski definition) is 5. The van der Waals surface area contributed by atoms with E-state index in [0.29, 0.717) is 15.7 Å². The van der Waals surface area contributed by atoms with Crippen LogP contribution in [-0.4, -0.2) is 15.8 Å². The number of non-ortho nitro benzene ring substituents is 1. The molecule has 6 nitrogen and oxygen atoms in total. The first kappa shape index (κ1) is 17.8. The molecule has 0 spiro atoms. The summed E-state index contributed by atoms with van der Waals surface area (Å²) >= 11 is 7.19. The van der Waals surface area contributed by atoms with E-state index in [0.717, 1.165) is 11.3 Å². The summed E-state index contributed by atoms with van der Waals surface area (Å²) < 4.78 is 0. The number of anilines is 1. The van der Waals surface area contributed by atoms with E-state index in [9.17, 15) is 14.9 Å². The number of amides is 1. The molecule has 0 saturated heterocycles. The van der Waals surface area contributed by atoms with Crippen LogP contribution in [0.25, 0.3) is 17.3 Å². The maximum Gasteiger partial charge on any atom is 0.269 e. The zero-order valence-electron chi connectivity index (χ0n) is 13.3. The SMILES string of the molecule is O=C(C=Cc1ccc([N+](=O)[O-])cc1)Nc1nc(-c2ccc(Cl)cc2)cs1. The standard InChI is InChI=1S/C18H12ClN3O3S/c19-14-6-4-13(5-7-14)16-11-26-18(20-16)21-17(23)10-3-12-1-8-15(9-2-12)22(24)25/h1-11H,(H,20,21,23). The maximum atomic E-state index is 12.0. The van der Waals surface area contributed by atoms with Crippen molar-refractivity contribution in [3.63, 3.8) is 0 Å². The van der Waals surface area contributed by atoms with E-state index in [-0.39, 0.29) is 11.6 Å². The second-order valence-electron chi connectivity index (χ2n) is 5.22. The van der Waals surface area contributed by atoms with Crippen LogP contribution in [-0.2, 0) is 4.79 Å². The van der Waals surface area contributed by atoms with E-state index < -0.39 is 4.92 Å². The van der Waals surface area contributed by atoms with Crippen molar-refractivity contribution in [2.75, 3.05) is 5.32 Å². The molecule has 0 saturated carbocycles. The fourth-order valence-corrected chi connectivity index (χ4v) is 2.96. The smallest absolute Gasteiger partial charge is 0.269 e. The number of benzene rings is 2. The normalized spacial score (nSPS) is 10.8. The second-order valence-corrected chi connectivity index (χ2v) is 6.51. The number of thiazole rings is 1. The number of carbonyl (C=O) groups is 1. The molecule has 0 bridgehead atoms. The predicted octanol–water partition coefficient (Wildman–Crippen LogP) is 5.02. The van der Waals surface area contributed by atoms with E-state index >= 15 is 0 Å². The number of nitro benzene ring substituents is 1. The number of nitrogens with zero attached hydrogens (tertiary/aromatic N) is 2. The van der Waals surface area contributed by atoms with Crippen molar-refractivity contribution in [1.29, 1.82) is 0 Å². The van der Waals surface area contributed by atoms with Gasteiger partial charge < -0.3 is 0 Å². The molecule has 0 fully saturated rings. The van der Waals surface area contributed by atoms with Crippen LogP contribution in [0.5, 0.6) is 0 Å². The molecule has 26 heavy (non-hydrogen) atoms. The monoisotopic (exact) mass is 385 g/mol. The highest BCUT2D eigenvalue weighted by atomic mass is 35.5. The first-order chi connectivity index (χ1) is 12.5. The van der Waals surface area contributed by atoms with Gasteiger partial charge >= 0.3 is 0 Å². The Bertz CT molecular complexity index is 966. The van der Waals surface area contributed by atoms with Gasteiger partial charge in [0, 0.05) is 34.2 Å². The van der Waals surface area contributed by atoms with Crippen LogP contribution < -0.4 is 5.32 Å². The number of nitrogens with one attached hydrogen (secondary N) is 1. The summed E-state index contributed by atoms with van der Waals surface area (Å²) in [5, 5.41) is 16.3. The molecule has 1 heterocycles. The van der Waals surface area contributed by atoms with Gasteiger partial charge in [-0.25, -0.2) is 4.98 Å². The third-order valence-electron chi connectivity index (χ3n) is 3.41. The Morgan fingerprint density at radius 1 is 1.15 bits per heavy atom. The minimum absolute atomic E-state index is 0.00381. The van der Waals surface area contributed by atoms with E-state index in [1.807, 2.05) is 17.5 Å². The van der Waals surface area contributed by atoms with E-state index in [1.54, 1.807) is 30.3 Å². The van der Waals surface area contributed by atoms with Crippen LogP contribution in [0.1, 0.15) is 5.56 Å². The van der Waals surface area contributed by atoms with Gasteiger partial charge in [-0.05, 0) is 35.9 Å². The minimum atomic E-state index is -0.471. The zero-order chi connectivity index (χ0) is 18.5. The minimum Gasteiger partial charge on any atom is -0.298 e. The van der Waals surface area contributed by atoms with Crippen molar-refractivity contribution in [2.24, 2.45) is 0 Å². The Morgan fingerprint density at radius 2 is 1.85 bits per heavy atom. The summed E-state index contributed by atoms with van der Waals surface area (Å²) in [6.07, 6.45) is 2.93. The van der Waals surface area contributed by atoms with Crippen LogP contribution in [0.3, 0.4) is 0 Å². The highest BCUT2D eigenvalue weighted by molar-refractivity contribution is 7.14. The van der Waals surface area contributed by atoms with Gasteiger partial charge in [0.15, 0.2) is 5.13 Å². The van der Waals surface area contributed by atoms with Gasteiger partial charge in [0.25, 0.3) is 5.69 Å². The van der Waals surface area contributed by atoms with Crippen LogP contribution in [0.4, 0.5) is 10.8 Å². The summed E-state index contributed by atoms with van der Waals surface area (Å²) in [4.78, 5) is 26.5. The molecule has 3 rings (SSSR count). The van der Waals surface area contributed by atoms with Crippen molar-refractivity contribution in [1.82, 2.24) is 4.98 Å². The molecule has 0 radical (unpaired) electrons. The van der Waals surface area contributed by atoms with E-state index in [4.69, 9.17) is 11.6 Å². The topological polar surface area (TPSA) is 85.1 Å². The Kier molecular flexibility index (Phi) is 5.40. The van der Waals surface area contributed by atoms with Gasteiger partial charge in [0.2, 0.25) is 5.91 Å². The quantitative estimate of drug-likeness (QED) is 0.379. The molecule has 8 heteroatoms. The fraction of sp³-hybridized carbons (Fsp3) is 0. The maximum absolute atomic E-state index is 12.0. The van der Waals surface area contributed by atoms with Crippen molar-refractivity contribution in [2.45, 2.75) is 0 Å². The first-order valence-corrected chi connectivity index (χ1v) is 8.72. The molecule has 2 aromatic carbocycles. The molecule has 1 aromatic heterocycles. The number of hydrogen-bond donors (Lipinski definition) is 1. The zero-order valence-corrected chi connectivity index (χ0v) is 14.8. The van der Waals surface area contributed by atoms with Gasteiger partial charge in [-0.15, -0.1) is 11.3 Å². The van der Waals surface area contributed by atoms with Crippen molar-refractivity contribution in [3.8, 4) is 11.3 Å². The summed E-state index contributed by atoms with van der Waals surface area (Å²) in [6.45, 7) is 0. The molecular formula is C18H12ClN3O3S. The third kappa shape index (κ3) is 4.53. The highest BCUT2D eigenvalue weighted by Crippen LogP contribution is 2.26. The summed E-state index contributed by atoms with van der Waals surface area (Å²) in [5.74, 6) is -0.333. The third-order valence-corrected chi connectivity index (χ3v) is 4.42. The van der Waals surface area contributed by atoms with Crippen molar-refractivity contribution < 1.29 is 9.72 Å². The van der Waals surface area contributed by atoms with E-state index in [1.165, 1.54) is 29.5 Å². The lowest BCUT2D eigenvalue weighted by atomic mass is 10.2. The van der Waals surface area contributed by atoms with Gasteiger partial charge in [0.1, 0.15) is 0 Å². The average molecular weight is 386 g/mol. The summed E-state index contributed by atoms with van der Waals surface area (Å²) in [7, 11) is 0. The largest absolute Gasteiger partial charge is 0.298 e. The molecule has 1 amide bonds. The van der Waals surface area contributed by atoms with Gasteiger partial charge in [-0.2, -0.15) is 0 Å². The molecule has 130 valence electrons. The van der Waals surface area contributed by atoms with Crippen LogP contribution >= 0.6 is 22.9 Å². The van der Waals surface area contributed by atoms with Gasteiger partial charge in [0.05, 0.1) is 10.6 Å². The molecule has 0 aliphatic heterocycles. The molecule has 3 aromatic rings. The Morgan fingerprint density at radius 3 is 2.50 bits per heavy atom. The average Bonchev–Trinajstić information content (AvgIpc) is 3.09. The second kappa shape index (κ2) is 7.90. The predicted molar refractivity (Wildman–Crippen MR) is 103 cm³/mol. The molecule has 0 atom stereocenters. The summed E-state index contributed by atoms with van der Waals surface area (Å²) in [6, 6.07) is 13.2. The van der Waals surface area contributed by atoms with E-state index in [2.05, 4.69) is 10.3 Å². The molecule has 0 unspecified atom stereocenters. The lowest BCUT2D eigenvalue weighted by molar-refractivity contribution is -0.384. The van der Waals surface area contributed by atoms with Crippen molar-refractivity contribution in [3.05, 3.63) is 80.7 Å². The number of halogens is 1. The number of carbonyl (C=O) groups excluding carboxylic acids is 1. The lowest BCUT2D eigenvalue weighted by Gasteiger charge is -1.98.